The third kappa shape index (κ3) is 9.99. The molecule has 0 saturated carbocycles. The topological polar surface area (TPSA) is 101 Å². The van der Waals surface area contributed by atoms with Crippen molar-refractivity contribution in [1.82, 2.24) is 10.6 Å². The number of amides is 3. The standard InChI is InChI=1S/C20H30ClN3O3/c1-2-3-4-8-13-23-20(27)24-17(14-18(22)25)19(26)16(21)12-11-15-9-6-5-7-10-15/h5-7,9-10,16-17H,2-4,8,11-14H2,1H3,(H2,22,25)(H2,23,24,27)/t16-,17-/m1/s1. The number of alkyl halides is 1. The molecule has 0 saturated heterocycles. The second-order valence-electron chi connectivity index (χ2n) is 6.58. The number of hydrogen-bond acceptors (Lipinski definition) is 3. The number of carbonyl (C=O) groups is 3. The Morgan fingerprint density at radius 3 is 2.44 bits per heavy atom. The molecule has 7 heteroatoms. The average molecular weight is 396 g/mol. The Morgan fingerprint density at radius 1 is 1.11 bits per heavy atom. The molecular formula is C20H30ClN3O3. The van der Waals surface area contributed by atoms with Crippen LogP contribution in [0.5, 0.6) is 0 Å². The van der Waals surface area contributed by atoms with Gasteiger partial charge < -0.3 is 16.4 Å². The fourth-order valence-corrected chi connectivity index (χ4v) is 2.95. The second-order valence-corrected chi connectivity index (χ2v) is 7.10. The molecule has 0 radical (unpaired) electrons. The minimum Gasteiger partial charge on any atom is -0.370 e. The lowest BCUT2D eigenvalue weighted by atomic mass is 10.0. The van der Waals surface area contributed by atoms with E-state index in [1.54, 1.807) is 0 Å². The third-order valence-electron chi connectivity index (χ3n) is 4.21. The van der Waals surface area contributed by atoms with Crippen LogP contribution >= 0.6 is 11.6 Å². The molecule has 1 rings (SSSR count). The van der Waals surface area contributed by atoms with E-state index < -0.39 is 29.1 Å². The number of primary amides is 1. The van der Waals surface area contributed by atoms with Crippen LogP contribution in [0.25, 0.3) is 0 Å². The van der Waals surface area contributed by atoms with Gasteiger partial charge in [0, 0.05) is 6.54 Å². The van der Waals surface area contributed by atoms with Crippen molar-refractivity contribution in [2.24, 2.45) is 5.73 Å². The summed E-state index contributed by atoms with van der Waals surface area (Å²) < 4.78 is 0. The van der Waals surface area contributed by atoms with Crippen LogP contribution in [-0.2, 0) is 16.0 Å². The molecule has 6 nitrogen and oxygen atoms in total. The Balaban J connectivity index is 2.51. The maximum absolute atomic E-state index is 12.6. The summed E-state index contributed by atoms with van der Waals surface area (Å²) in [6.45, 7) is 2.63. The molecular weight excluding hydrogens is 366 g/mol. The number of aryl methyl sites for hydroxylation is 1. The number of rotatable bonds is 13. The molecule has 0 spiro atoms. The predicted octanol–water partition coefficient (Wildman–Crippen LogP) is 2.92. The van der Waals surface area contributed by atoms with Crippen molar-refractivity contribution in [3.05, 3.63) is 35.9 Å². The van der Waals surface area contributed by atoms with Crippen molar-refractivity contribution in [1.29, 1.82) is 0 Å². The van der Waals surface area contributed by atoms with Crippen molar-refractivity contribution < 1.29 is 14.4 Å². The van der Waals surface area contributed by atoms with Crippen LogP contribution in [0.3, 0.4) is 0 Å². The van der Waals surface area contributed by atoms with Crippen molar-refractivity contribution in [2.45, 2.75) is 63.3 Å². The minimum absolute atomic E-state index is 0.267. The molecule has 0 heterocycles. The molecule has 3 amide bonds. The zero-order valence-electron chi connectivity index (χ0n) is 15.9. The van der Waals surface area contributed by atoms with Crippen LogP contribution < -0.4 is 16.4 Å². The number of urea groups is 1. The zero-order valence-corrected chi connectivity index (χ0v) is 16.6. The Kier molecular flexibility index (Phi) is 11.2. The molecule has 0 aromatic heterocycles. The lowest BCUT2D eigenvalue weighted by molar-refractivity contribution is -0.125. The molecule has 27 heavy (non-hydrogen) atoms. The number of nitrogens with two attached hydrogens (primary N) is 1. The van der Waals surface area contributed by atoms with E-state index in [9.17, 15) is 14.4 Å². The maximum atomic E-state index is 12.6. The molecule has 0 aliphatic rings. The molecule has 0 aliphatic heterocycles. The highest BCUT2D eigenvalue weighted by molar-refractivity contribution is 6.32. The van der Waals surface area contributed by atoms with Gasteiger partial charge >= 0.3 is 6.03 Å². The summed E-state index contributed by atoms with van der Waals surface area (Å²) in [5.74, 6) is -1.06. The fraction of sp³-hybridized carbons (Fsp3) is 0.550. The van der Waals surface area contributed by atoms with Crippen LogP contribution in [0.2, 0.25) is 0 Å². The van der Waals surface area contributed by atoms with Crippen LogP contribution in [0.1, 0.15) is 51.0 Å². The van der Waals surface area contributed by atoms with Gasteiger partial charge in [0.2, 0.25) is 5.91 Å². The highest BCUT2D eigenvalue weighted by Crippen LogP contribution is 2.13. The van der Waals surface area contributed by atoms with Crippen molar-refractivity contribution in [3.8, 4) is 0 Å². The number of carbonyl (C=O) groups excluding carboxylic acids is 3. The molecule has 4 N–H and O–H groups in total. The maximum Gasteiger partial charge on any atom is 0.315 e. The first-order valence-electron chi connectivity index (χ1n) is 9.48. The summed E-state index contributed by atoms with van der Waals surface area (Å²) >= 11 is 6.23. The van der Waals surface area contributed by atoms with Gasteiger partial charge in [0.05, 0.1) is 17.8 Å². The largest absolute Gasteiger partial charge is 0.370 e. The summed E-state index contributed by atoms with van der Waals surface area (Å²) in [5, 5.41) is 4.43. The summed E-state index contributed by atoms with van der Waals surface area (Å²) in [6.07, 6.45) is 4.90. The predicted molar refractivity (Wildman–Crippen MR) is 108 cm³/mol. The SMILES string of the molecule is CCCCCCNC(=O)N[C@H](CC(N)=O)C(=O)[C@H](Cl)CCc1ccccc1. The first kappa shape index (κ1) is 23.0. The van der Waals surface area contributed by atoms with Gasteiger partial charge in [-0.3, -0.25) is 9.59 Å². The van der Waals surface area contributed by atoms with E-state index in [1.165, 1.54) is 0 Å². The van der Waals surface area contributed by atoms with Gasteiger partial charge in [-0.05, 0) is 24.8 Å². The number of Topliss-reactive ketones (excluding diaryl/α,β-unsaturated/α-hetero) is 1. The van der Waals surface area contributed by atoms with Gasteiger partial charge in [0.15, 0.2) is 5.78 Å². The van der Waals surface area contributed by atoms with Gasteiger partial charge in [-0.25, -0.2) is 4.79 Å². The number of ketones is 1. The van der Waals surface area contributed by atoms with E-state index >= 15 is 0 Å². The fourth-order valence-electron chi connectivity index (χ4n) is 2.69. The lowest BCUT2D eigenvalue weighted by Gasteiger charge is -2.19. The van der Waals surface area contributed by atoms with E-state index in [0.29, 0.717) is 19.4 Å². The molecule has 0 unspecified atom stereocenters. The van der Waals surface area contributed by atoms with Crippen LogP contribution in [0.15, 0.2) is 30.3 Å². The number of benzene rings is 1. The molecule has 0 bridgehead atoms. The number of unbranched alkanes of at least 4 members (excludes halogenated alkanes) is 3. The normalized spacial score (nSPS) is 12.8. The lowest BCUT2D eigenvalue weighted by Crippen LogP contribution is -2.50. The van der Waals surface area contributed by atoms with Crippen LogP contribution in [0.4, 0.5) is 4.79 Å². The second kappa shape index (κ2) is 13.1. The summed E-state index contributed by atoms with van der Waals surface area (Å²) in [7, 11) is 0. The van der Waals surface area contributed by atoms with E-state index in [2.05, 4.69) is 17.6 Å². The first-order chi connectivity index (χ1) is 12.9. The van der Waals surface area contributed by atoms with Crippen molar-refractivity contribution in [2.75, 3.05) is 6.54 Å². The number of hydrogen-bond donors (Lipinski definition) is 3. The monoisotopic (exact) mass is 395 g/mol. The molecule has 0 aliphatic carbocycles. The smallest absolute Gasteiger partial charge is 0.315 e. The summed E-state index contributed by atoms with van der Waals surface area (Å²) in [5.41, 5.74) is 6.29. The third-order valence-corrected chi connectivity index (χ3v) is 4.64. The minimum atomic E-state index is -1.02. The quantitative estimate of drug-likeness (QED) is 0.353. The number of halogens is 1. The van der Waals surface area contributed by atoms with Crippen molar-refractivity contribution >= 4 is 29.3 Å². The van der Waals surface area contributed by atoms with Crippen molar-refractivity contribution in [3.63, 3.8) is 0 Å². The van der Waals surface area contributed by atoms with Gasteiger partial charge in [-0.1, -0.05) is 56.5 Å². The van der Waals surface area contributed by atoms with Gasteiger partial charge in [-0.15, -0.1) is 11.6 Å². The highest BCUT2D eigenvalue weighted by atomic mass is 35.5. The molecule has 150 valence electrons. The Morgan fingerprint density at radius 2 is 1.81 bits per heavy atom. The Labute approximate surface area is 166 Å². The molecule has 0 fully saturated rings. The van der Waals surface area contributed by atoms with E-state index in [4.69, 9.17) is 17.3 Å². The number of nitrogens with one attached hydrogen (secondary N) is 2. The average Bonchev–Trinajstić information content (AvgIpc) is 2.65. The van der Waals surface area contributed by atoms with E-state index in [1.807, 2.05) is 30.3 Å². The van der Waals surface area contributed by atoms with Gasteiger partial charge in [0.1, 0.15) is 0 Å². The Bertz CT molecular complexity index is 595. The van der Waals surface area contributed by atoms with Gasteiger partial charge in [0.25, 0.3) is 0 Å². The summed E-state index contributed by atoms with van der Waals surface area (Å²) in [4.78, 5) is 35.9. The molecule has 1 aromatic carbocycles. The Hall–Kier alpha value is -2.08. The van der Waals surface area contributed by atoms with E-state index in [-0.39, 0.29) is 6.42 Å². The molecule has 1 aromatic rings. The summed E-state index contributed by atoms with van der Waals surface area (Å²) in [6, 6.07) is 8.17. The van der Waals surface area contributed by atoms with E-state index in [0.717, 1.165) is 31.2 Å². The van der Waals surface area contributed by atoms with Crippen LogP contribution in [0, 0.1) is 0 Å². The highest BCUT2D eigenvalue weighted by Gasteiger charge is 2.28. The first-order valence-corrected chi connectivity index (χ1v) is 9.92. The zero-order chi connectivity index (χ0) is 20.1. The van der Waals surface area contributed by atoms with Crippen LogP contribution in [-0.4, -0.2) is 35.7 Å². The van der Waals surface area contributed by atoms with Gasteiger partial charge in [-0.2, -0.15) is 0 Å². The molecule has 2 atom stereocenters.